The zero-order chi connectivity index (χ0) is 10.1. The molecule has 0 aliphatic rings. The summed E-state index contributed by atoms with van der Waals surface area (Å²) in [5.41, 5.74) is 0.558. The van der Waals surface area contributed by atoms with Crippen LogP contribution in [-0.2, 0) is 0 Å². The molecule has 0 aliphatic heterocycles. The van der Waals surface area contributed by atoms with Crippen molar-refractivity contribution in [2.45, 2.75) is 6.92 Å². The first-order valence-corrected chi connectivity index (χ1v) is 5.04. The molecule has 0 saturated heterocycles. The predicted molar refractivity (Wildman–Crippen MR) is 56.1 cm³/mol. The molecule has 0 bridgehead atoms. The molecule has 0 amide bonds. The summed E-state index contributed by atoms with van der Waals surface area (Å²) in [4.78, 5) is 2.03. The van der Waals surface area contributed by atoms with Gasteiger partial charge in [-0.3, -0.25) is 0 Å². The Balaban J connectivity index is 2.55. The van der Waals surface area contributed by atoms with E-state index in [1.807, 2.05) is 19.1 Å². The molecule has 1 aromatic carbocycles. The van der Waals surface area contributed by atoms with Crippen LogP contribution in [0.1, 0.15) is 4.88 Å². The maximum atomic E-state index is 12.9. The summed E-state index contributed by atoms with van der Waals surface area (Å²) in [6.07, 6.45) is 0. The first-order chi connectivity index (χ1) is 6.66. The van der Waals surface area contributed by atoms with Gasteiger partial charge >= 0.3 is 0 Å². The summed E-state index contributed by atoms with van der Waals surface area (Å²) in [7, 11) is 0. The van der Waals surface area contributed by atoms with Crippen molar-refractivity contribution in [3.8, 4) is 16.2 Å². The fourth-order valence-corrected chi connectivity index (χ4v) is 2.18. The van der Waals surface area contributed by atoms with Gasteiger partial charge in [0.1, 0.15) is 11.6 Å². The third-order valence-electron chi connectivity index (χ3n) is 1.96. The lowest BCUT2D eigenvalue weighted by Gasteiger charge is -2.00. The van der Waals surface area contributed by atoms with Gasteiger partial charge in [0.05, 0.1) is 0 Å². The van der Waals surface area contributed by atoms with E-state index in [4.69, 9.17) is 0 Å². The summed E-state index contributed by atoms with van der Waals surface area (Å²) in [5.74, 6) is -0.211. The van der Waals surface area contributed by atoms with E-state index in [9.17, 15) is 9.50 Å². The lowest BCUT2D eigenvalue weighted by atomic mass is 10.1. The minimum absolute atomic E-state index is 0.119. The molecule has 14 heavy (non-hydrogen) atoms. The maximum Gasteiger partial charge on any atom is 0.124 e. The van der Waals surface area contributed by atoms with Gasteiger partial charge in [-0.25, -0.2) is 4.39 Å². The van der Waals surface area contributed by atoms with E-state index in [1.165, 1.54) is 29.5 Å². The number of aryl methyl sites for hydroxylation is 1. The predicted octanol–water partition coefficient (Wildman–Crippen LogP) is 3.57. The van der Waals surface area contributed by atoms with Crippen molar-refractivity contribution in [3.63, 3.8) is 0 Å². The van der Waals surface area contributed by atoms with E-state index < -0.39 is 0 Å². The molecular weight excluding hydrogens is 199 g/mol. The Labute approximate surface area is 85.5 Å². The van der Waals surface area contributed by atoms with E-state index in [-0.39, 0.29) is 11.6 Å². The Morgan fingerprint density at radius 2 is 2.00 bits per heavy atom. The second-order valence-electron chi connectivity index (χ2n) is 3.07. The summed E-state index contributed by atoms with van der Waals surface area (Å²) < 4.78 is 12.9. The fourth-order valence-electron chi connectivity index (χ4n) is 1.28. The molecule has 1 aromatic heterocycles. The molecule has 0 aliphatic carbocycles. The fraction of sp³-hybridized carbons (Fsp3) is 0.0909. The van der Waals surface area contributed by atoms with E-state index in [0.717, 1.165) is 9.75 Å². The number of halogens is 1. The molecule has 1 nitrogen and oxygen atoms in total. The first-order valence-electron chi connectivity index (χ1n) is 4.22. The van der Waals surface area contributed by atoms with Gasteiger partial charge < -0.3 is 5.11 Å². The molecule has 1 N–H and O–H groups in total. The minimum atomic E-state index is -0.330. The molecule has 2 aromatic rings. The van der Waals surface area contributed by atoms with Gasteiger partial charge in [0.15, 0.2) is 0 Å². The molecule has 0 atom stereocenters. The molecular formula is C11H9FOS. The number of thiophene rings is 1. The van der Waals surface area contributed by atoms with Crippen LogP contribution in [0, 0.1) is 12.7 Å². The van der Waals surface area contributed by atoms with Crippen molar-refractivity contribution >= 4 is 11.3 Å². The first kappa shape index (κ1) is 9.21. The van der Waals surface area contributed by atoms with Crippen molar-refractivity contribution in [1.82, 2.24) is 0 Å². The van der Waals surface area contributed by atoms with Crippen LogP contribution >= 0.6 is 11.3 Å². The number of benzene rings is 1. The minimum Gasteiger partial charge on any atom is -0.507 e. The molecule has 0 radical (unpaired) electrons. The summed E-state index contributed by atoms with van der Waals surface area (Å²) >= 11 is 1.54. The molecule has 0 unspecified atom stereocenters. The Morgan fingerprint density at radius 1 is 1.21 bits per heavy atom. The molecule has 3 heteroatoms. The lowest BCUT2D eigenvalue weighted by Crippen LogP contribution is -1.77. The van der Waals surface area contributed by atoms with E-state index in [1.54, 1.807) is 0 Å². The number of rotatable bonds is 1. The van der Waals surface area contributed by atoms with Gasteiger partial charge in [-0.15, -0.1) is 11.3 Å². The monoisotopic (exact) mass is 208 g/mol. The van der Waals surface area contributed by atoms with Gasteiger partial charge in [0.25, 0.3) is 0 Å². The zero-order valence-electron chi connectivity index (χ0n) is 7.62. The highest BCUT2D eigenvalue weighted by Crippen LogP contribution is 2.34. The van der Waals surface area contributed by atoms with E-state index in [2.05, 4.69) is 0 Å². The Hall–Kier alpha value is -1.35. The summed E-state index contributed by atoms with van der Waals surface area (Å²) in [5, 5.41) is 9.54. The molecule has 0 saturated carbocycles. The summed E-state index contributed by atoms with van der Waals surface area (Å²) in [6, 6.07) is 7.80. The molecule has 0 fully saturated rings. The van der Waals surface area contributed by atoms with Gasteiger partial charge in [-0.05, 0) is 37.3 Å². The maximum absolute atomic E-state index is 12.9. The number of hydrogen-bond acceptors (Lipinski definition) is 2. The van der Waals surface area contributed by atoms with E-state index in [0.29, 0.717) is 5.56 Å². The highest BCUT2D eigenvalue weighted by Gasteiger charge is 2.07. The topological polar surface area (TPSA) is 20.2 Å². The van der Waals surface area contributed by atoms with Crippen LogP contribution in [-0.4, -0.2) is 5.11 Å². The van der Waals surface area contributed by atoms with Gasteiger partial charge in [0.2, 0.25) is 0 Å². The van der Waals surface area contributed by atoms with Crippen molar-refractivity contribution < 1.29 is 9.50 Å². The second kappa shape index (κ2) is 3.42. The molecule has 1 heterocycles. The van der Waals surface area contributed by atoms with Crippen LogP contribution in [0.5, 0.6) is 5.75 Å². The van der Waals surface area contributed by atoms with Crippen molar-refractivity contribution in [1.29, 1.82) is 0 Å². The van der Waals surface area contributed by atoms with Crippen LogP contribution in [0.25, 0.3) is 10.4 Å². The van der Waals surface area contributed by atoms with Crippen molar-refractivity contribution in [3.05, 3.63) is 41.0 Å². The average Bonchev–Trinajstić information content (AvgIpc) is 2.56. The zero-order valence-corrected chi connectivity index (χ0v) is 8.44. The molecule has 0 spiro atoms. The summed E-state index contributed by atoms with van der Waals surface area (Å²) in [6.45, 7) is 1.98. The smallest absolute Gasteiger partial charge is 0.124 e. The Bertz CT molecular complexity index is 462. The van der Waals surface area contributed by atoms with Gasteiger partial charge in [0, 0.05) is 15.3 Å². The van der Waals surface area contributed by atoms with Crippen LogP contribution in [0.3, 0.4) is 0 Å². The average molecular weight is 208 g/mol. The highest BCUT2D eigenvalue weighted by atomic mass is 32.1. The van der Waals surface area contributed by atoms with Crippen molar-refractivity contribution in [2.24, 2.45) is 0 Å². The van der Waals surface area contributed by atoms with Crippen LogP contribution < -0.4 is 0 Å². The Kier molecular flexibility index (Phi) is 2.25. The number of phenolic OH excluding ortho intramolecular Hbond substituents is 1. The second-order valence-corrected chi connectivity index (χ2v) is 4.36. The lowest BCUT2D eigenvalue weighted by molar-refractivity contribution is 0.475. The van der Waals surface area contributed by atoms with Gasteiger partial charge in [-0.2, -0.15) is 0 Å². The largest absolute Gasteiger partial charge is 0.507 e. The van der Waals surface area contributed by atoms with E-state index >= 15 is 0 Å². The van der Waals surface area contributed by atoms with Crippen LogP contribution in [0.4, 0.5) is 4.39 Å². The number of phenols is 1. The van der Waals surface area contributed by atoms with Crippen molar-refractivity contribution in [2.75, 3.05) is 0 Å². The van der Waals surface area contributed by atoms with Crippen LogP contribution in [0.15, 0.2) is 30.3 Å². The third kappa shape index (κ3) is 1.63. The highest BCUT2D eigenvalue weighted by molar-refractivity contribution is 7.15. The third-order valence-corrected chi connectivity index (χ3v) is 3.00. The Morgan fingerprint density at radius 3 is 2.64 bits per heavy atom. The van der Waals surface area contributed by atoms with Gasteiger partial charge in [-0.1, -0.05) is 0 Å². The van der Waals surface area contributed by atoms with Crippen LogP contribution in [0.2, 0.25) is 0 Å². The number of aromatic hydroxyl groups is 1. The number of hydrogen-bond donors (Lipinski definition) is 1. The normalized spacial score (nSPS) is 10.4. The molecule has 2 rings (SSSR count). The molecule has 72 valence electrons. The standard InChI is InChI=1S/C11H9FOS/c1-7-2-5-11(14-7)9-6-8(12)3-4-10(9)13/h2-6,13H,1H3. The SMILES string of the molecule is Cc1ccc(-c2cc(F)ccc2O)s1. The quantitative estimate of drug-likeness (QED) is 0.759.